The van der Waals surface area contributed by atoms with Crippen LogP contribution in [-0.2, 0) is 16.0 Å². The Balaban J connectivity index is 1.68. The van der Waals surface area contributed by atoms with Gasteiger partial charge in [-0.1, -0.05) is 6.07 Å². The smallest absolute Gasteiger partial charge is 0.265 e. The van der Waals surface area contributed by atoms with E-state index in [1.807, 2.05) is 0 Å². The van der Waals surface area contributed by atoms with Crippen LogP contribution in [0.1, 0.15) is 12.5 Å². The molecule has 3 rings (SSSR count). The maximum atomic E-state index is 13.7. The van der Waals surface area contributed by atoms with Gasteiger partial charge >= 0.3 is 0 Å². The quantitative estimate of drug-likeness (QED) is 0.894. The van der Waals surface area contributed by atoms with Crippen molar-refractivity contribution >= 4 is 23.2 Å². The largest absolute Gasteiger partial charge is 0.494 e. The van der Waals surface area contributed by atoms with Crippen LogP contribution in [0.15, 0.2) is 36.4 Å². The van der Waals surface area contributed by atoms with Gasteiger partial charge in [0.25, 0.3) is 5.91 Å². The minimum Gasteiger partial charge on any atom is -0.494 e. The van der Waals surface area contributed by atoms with Crippen molar-refractivity contribution in [3.63, 3.8) is 0 Å². The normalized spacial score (nSPS) is 15.6. The highest BCUT2D eigenvalue weighted by molar-refractivity contribution is 5.99. The minimum absolute atomic E-state index is 0.0118. The molecule has 0 radical (unpaired) electrons. The zero-order chi connectivity index (χ0) is 18.0. The van der Waals surface area contributed by atoms with Crippen LogP contribution in [0.4, 0.5) is 15.8 Å². The molecule has 1 heterocycles. The first-order chi connectivity index (χ1) is 12.0. The van der Waals surface area contributed by atoms with Gasteiger partial charge in [-0.05, 0) is 42.8 Å². The van der Waals surface area contributed by atoms with Gasteiger partial charge in [0.15, 0.2) is 17.7 Å². The van der Waals surface area contributed by atoms with Gasteiger partial charge in [-0.15, -0.1) is 0 Å². The summed E-state index contributed by atoms with van der Waals surface area (Å²) in [6.07, 6.45) is -0.546. The van der Waals surface area contributed by atoms with E-state index in [0.717, 1.165) is 0 Å². The van der Waals surface area contributed by atoms with Crippen LogP contribution in [0, 0.1) is 5.82 Å². The topological polar surface area (TPSA) is 76.7 Å². The molecule has 7 heteroatoms. The molecule has 1 atom stereocenters. The van der Waals surface area contributed by atoms with Gasteiger partial charge in [-0.25, -0.2) is 4.39 Å². The average Bonchev–Trinajstić information content (AvgIpc) is 2.56. The van der Waals surface area contributed by atoms with Crippen molar-refractivity contribution in [2.75, 3.05) is 17.7 Å². The third kappa shape index (κ3) is 3.71. The summed E-state index contributed by atoms with van der Waals surface area (Å²) in [5.74, 6) is -0.396. The fourth-order valence-electron chi connectivity index (χ4n) is 2.50. The fourth-order valence-corrected chi connectivity index (χ4v) is 2.50. The van der Waals surface area contributed by atoms with Crippen LogP contribution >= 0.6 is 0 Å². The van der Waals surface area contributed by atoms with Crippen LogP contribution in [0.5, 0.6) is 11.5 Å². The van der Waals surface area contributed by atoms with Crippen LogP contribution in [0.25, 0.3) is 0 Å². The molecule has 130 valence electrons. The molecule has 1 aliphatic heterocycles. The number of benzene rings is 2. The highest BCUT2D eigenvalue weighted by atomic mass is 19.1. The standard InChI is InChI=1S/C18H17FN2O4/c1-10-18(23)21-14-9-12(4-6-16(14)25-10)20-17(22)8-11-3-5-15(24-2)13(19)7-11/h3-7,9-10H,8H2,1-2H3,(H,20,22)(H,21,23)/t10-/m0/s1. The summed E-state index contributed by atoms with van der Waals surface area (Å²) < 4.78 is 24.0. The molecule has 6 nitrogen and oxygen atoms in total. The number of carbonyl (C=O) groups excluding carboxylic acids is 2. The molecule has 25 heavy (non-hydrogen) atoms. The number of amides is 2. The van der Waals surface area contributed by atoms with Crippen molar-refractivity contribution in [3.05, 3.63) is 47.8 Å². The van der Waals surface area contributed by atoms with E-state index < -0.39 is 11.9 Å². The monoisotopic (exact) mass is 344 g/mol. The van der Waals surface area contributed by atoms with Crippen molar-refractivity contribution < 1.29 is 23.5 Å². The summed E-state index contributed by atoms with van der Waals surface area (Å²) in [6.45, 7) is 1.65. The molecule has 0 saturated heterocycles. The Morgan fingerprint density at radius 1 is 1.32 bits per heavy atom. The number of hydrogen-bond acceptors (Lipinski definition) is 4. The first kappa shape index (κ1) is 16.8. The predicted octanol–water partition coefficient (Wildman–Crippen LogP) is 2.73. The highest BCUT2D eigenvalue weighted by Crippen LogP contribution is 2.32. The second-order valence-corrected chi connectivity index (χ2v) is 5.65. The van der Waals surface area contributed by atoms with Crippen LogP contribution in [0.2, 0.25) is 0 Å². The van der Waals surface area contributed by atoms with Gasteiger partial charge in [-0.3, -0.25) is 9.59 Å². The fraction of sp³-hybridized carbons (Fsp3) is 0.222. The van der Waals surface area contributed by atoms with Crippen LogP contribution in [0.3, 0.4) is 0 Å². The Morgan fingerprint density at radius 2 is 2.12 bits per heavy atom. The second-order valence-electron chi connectivity index (χ2n) is 5.65. The number of rotatable bonds is 4. The van der Waals surface area contributed by atoms with Crippen molar-refractivity contribution in [2.45, 2.75) is 19.4 Å². The molecule has 0 spiro atoms. The van der Waals surface area contributed by atoms with Crippen molar-refractivity contribution in [2.24, 2.45) is 0 Å². The van der Waals surface area contributed by atoms with E-state index in [1.54, 1.807) is 31.2 Å². The van der Waals surface area contributed by atoms with E-state index in [0.29, 0.717) is 22.7 Å². The van der Waals surface area contributed by atoms with E-state index >= 15 is 0 Å². The van der Waals surface area contributed by atoms with Crippen LogP contribution < -0.4 is 20.1 Å². The molecule has 0 aromatic heterocycles. The van der Waals surface area contributed by atoms with E-state index in [4.69, 9.17) is 9.47 Å². The van der Waals surface area contributed by atoms with Crippen molar-refractivity contribution in [1.82, 2.24) is 0 Å². The Hall–Kier alpha value is -3.09. The molecule has 0 bridgehead atoms. The number of nitrogens with one attached hydrogen (secondary N) is 2. The number of fused-ring (bicyclic) bond motifs is 1. The summed E-state index contributed by atoms with van der Waals surface area (Å²) >= 11 is 0. The SMILES string of the molecule is COc1ccc(CC(=O)Nc2ccc3c(c2)NC(=O)[C@H](C)O3)cc1F. The number of halogens is 1. The summed E-state index contributed by atoms with van der Waals surface area (Å²) in [4.78, 5) is 23.8. The first-order valence-electron chi connectivity index (χ1n) is 7.70. The lowest BCUT2D eigenvalue weighted by molar-refractivity contribution is -0.122. The van der Waals surface area contributed by atoms with E-state index in [-0.39, 0.29) is 24.0 Å². The molecule has 0 aliphatic carbocycles. The molecule has 0 unspecified atom stereocenters. The Labute approximate surface area is 143 Å². The Kier molecular flexibility index (Phi) is 4.56. The first-order valence-corrected chi connectivity index (χ1v) is 7.70. The summed E-state index contributed by atoms with van der Waals surface area (Å²) in [7, 11) is 1.38. The molecule has 0 fully saturated rings. The van der Waals surface area contributed by atoms with Gasteiger partial charge in [0.2, 0.25) is 5.91 Å². The van der Waals surface area contributed by atoms with E-state index in [9.17, 15) is 14.0 Å². The van der Waals surface area contributed by atoms with Gasteiger partial charge in [-0.2, -0.15) is 0 Å². The predicted molar refractivity (Wildman–Crippen MR) is 90.4 cm³/mol. The lowest BCUT2D eigenvalue weighted by Crippen LogP contribution is -2.34. The zero-order valence-electron chi connectivity index (χ0n) is 13.8. The van der Waals surface area contributed by atoms with Crippen LogP contribution in [-0.4, -0.2) is 25.0 Å². The van der Waals surface area contributed by atoms with E-state index in [1.165, 1.54) is 19.2 Å². The van der Waals surface area contributed by atoms with Crippen molar-refractivity contribution in [1.29, 1.82) is 0 Å². The van der Waals surface area contributed by atoms with Gasteiger partial charge in [0.1, 0.15) is 5.75 Å². The molecule has 1 aliphatic rings. The summed E-state index contributed by atoms with van der Waals surface area (Å²) in [6, 6.07) is 9.34. The third-order valence-corrected chi connectivity index (χ3v) is 3.78. The lowest BCUT2D eigenvalue weighted by atomic mass is 10.1. The Morgan fingerprint density at radius 3 is 2.84 bits per heavy atom. The van der Waals surface area contributed by atoms with Crippen molar-refractivity contribution in [3.8, 4) is 11.5 Å². The molecule has 2 amide bonds. The maximum absolute atomic E-state index is 13.7. The summed E-state index contributed by atoms with van der Waals surface area (Å²) in [5.41, 5.74) is 1.53. The molecule has 2 N–H and O–H groups in total. The Bertz CT molecular complexity index is 838. The average molecular weight is 344 g/mol. The number of carbonyl (C=O) groups is 2. The summed E-state index contributed by atoms with van der Waals surface area (Å²) in [5, 5.41) is 5.43. The maximum Gasteiger partial charge on any atom is 0.265 e. The highest BCUT2D eigenvalue weighted by Gasteiger charge is 2.23. The minimum atomic E-state index is -0.557. The zero-order valence-corrected chi connectivity index (χ0v) is 13.8. The number of methoxy groups -OCH3 is 1. The van der Waals surface area contributed by atoms with Gasteiger partial charge in [0.05, 0.1) is 19.2 Å². The van der Waals surface area contributed by atoms with Gasteiger partial charge in [0, 0.05) is 5.69 Å². The molecule has 0 saturated carbocycles. The second kappa shape index (κ2) is 6.80. The molecule has 2 aromatic carbocycles. The van der Waals surface area contributed by atoms with Gasteiger partial charge < -0.3 is 20.1 Å². The lowest BCUT2D eigenvalue weighted by Gasteiger charge is -2.23. The van der Waals surface area contributed by atoms with E-state index in [2.05, 4.69) is 10.6 Å². The molecule has 2 aromatic rings. The number of anilines is 2. The third-order valence-electron chi connectivity index (χ3n) is 3.78. The number of ether oxygens (including phenoxy) is 2. The molecular formula is C18H17FN2O4. The number of hydrogen-bond donors (Lipinski definition) is 2. The molecular weight excluding hydrogens is 327 g/mol.